The molecule has 2 N–H and O–H groups in total. The number of anilines is 1. The van der Waals surface area contributed by atoms with Crippen LogP contribution in [0.2, 0.25) is 0 Å². The molecule has 1 aliphatic heterocycles. The lowest BCUT2D eigenvalue weighted by Crippen LogP contribution is -2.36. The van der Waals surface area contributed by atoms with E-state index in [1.54, 1.807) is 18.3 Å². The Kier molecular flexibility index (Phi) is 3.33. The third-order valence-electron chi connectivity index (χ3n) is 4.08. The average Bonchev–Trinajstić information content (AvgIpc) is 2.93. The van der Waals surface area contributed by atoms with Crippen LogP contribution in [0.5, 0.6) is 0 Å². The van der Waals surface area contributed by atoms with Crippen LogP contribution < -0.4 is 16.4 Å². The Bertz CT molecular complexity index is 896. The van der Waals surface area contributed by atoms with E-state index in [2.05, 4.69) is 15.8 Å². The van der Waals surface area contributed by atoms with Gasteiger partial charge in [-0.1, -0.05) is 0 Å². The molecule has 0 aromatic carbocycles. The molecule has 0 unspecified atom stereocenters. The number of carbonyl (C=O) groups is 1. The van der Waals surface area contributed by atoms with E-state index in [1.807, 2.05) is 0 Å². The van der Waals surface area contributed by atoms with Crippen LogP contribution in [0.1, 0.15) is 30.2 Å². The molecule has 4 rings (SSSR count). The van der Waals surface area contributed by atoms with Gasteiger partial charge >= 0.3 is 5.97 Å². The molecule has 0 radical (unpaired) electrons. The highest BCUT2D eigenvalue weighted by Crippen LogP contribution is 2.34. The number of hydrazine groups is 1. The largest absolute Gasteiger partial charge is 0.461 e. The van der Waals surface area contributed by atoms with Crippen molar-refractivity contribution in [2.24, 2.45) is 0 Å². The number of hydrogen-bond acceptors (Lipinski definition) is 7. The predicted octanol–water partition coefficient (Wildman–Crippen LogP) is 1.63. The van der Waals surface area contributed by atoms with Crippen molar-refractivity contribution in [1.29, 1.82) is 0 Å². The second-order valence-electron chi connectivity index (χ2n) is 5.51. The Labute approximate surface area is 135 Å². The number of aryl methyl sites for hydroxylation is 2. The van der Waals surface area contributed by atoms with Crippen molar-refractivity contribution in [2.45, 2.75) is 32.6 Å². The summed E-state index contributed by atoms with van der Waals surface area (Å²) in [5.74, 6) is -0.126. The third-order valence-corrected chi connectivity index (χ3v) is 5.27. The van der Waals surface area contributed by atoms with E-state index in [0.717, 1.165) is 36.1 Å². The molecule has 23 heavy (non-hydrogen) atoms. The van der Waals surface area contributed by atoms with Crippen molar-refractivity contribution in [2.75, 3.05) is 12.0 Å². The fourth-order valence-electron chi connectivity index (χ4n) is 3.02. The summed E-state index contributed by atoms with van der Waals surface area (Å²) in [6.07, 6.45) is 5.65. The Hall–Kier alpha value is -2.35. The quantitative estimate of drug-likeness (QED) is 0.813. The highest BCUT2D eigenvalue weighted by molar-refractivity contribution is 7.18. The summed E-state index contributed by atoms with van der Waals surface area (Å²) < 4.78 is 6.34. The maximum absolute atomic E-state index is 12.9. The van der Waals surface area contributed by atoms with Crippen molar-refractivity contribution in [3.8, 4) is 0 Å². The summed E-state index contributed by atoms with van der Waals surface area (Å²) >= 11 is 1.60. The standard InChI is InChI=1S/C15H16N4O3S/c1-2-22-14(21)9-7-19-13(20)11-8-5-3-4-6-10(8)23-12(11)16-15(19)18-17-9/h7,17H,2-6H2,1H3,(H,16,18). The minimum atomic E-state index is -0.509. The topological polar surface area (TPSA) is 85.2 Å². The molecule has 0 amide bonds. The number of aromatic nitrogens is 2. The highest BCUT2D eigenvalue weighted by Gasteiger charge is 2.24. The van der Waals surface area contributed by atoms with Crippen molar-refractivity contribution >= 4 is 39.7 Å². The van der Waals surface area contributed by atoms with Gasteiger partial charge < -0.3 is 4.74 Å². The summed E-state index contributed by atoms with van der Waals surface area (Å²) in [7, 11) is 0. The number of hydrogen-bond donors (Lipinski definition) is 2. The smallest absolute Gasteiger partial charge is 0.357 e. The monoisotopic (exact) mass is 332 g/mol. The molecular formula is C15H16N4O3S. The Morgan fingerprint density at radius 1 is 1.39 bits per heavy atom. The molecule has 2 aromatic heterocycles. The van der Waals surface area contributed by atoms with Gasteiger partial charge in [0.1, 0.15) is 4.83 Å². The number of esters is 1. The molecule has 2 aromatic rings. The zero-order valence-corrected chi connectivity index (χ0v) is 13.5. The maximum Gasteiger partial charge on any atom is 0.357 e. The average molecular weight is 332 g/mol. The number of thiophene rings is 1. The molecule has 7 nitrogen and oxygen atoms in total. The number of rotatable bonds is 2. The first kappa shape index (κ1) is 14.3. The Balaban J connectivity index is 1.89. The minimum absolute atomic E-state index is 0.139. The Morgan fingerprint density at radius 2 is 2.22 bits per heavy atom. The molecule has 0 fully saturated rings. The molecule has 0 saturated heterocycles. The zero-order chi connectivity index (χ0) is 16.0. The first-order valence-corrected chi connectivity index (χ1v) is 8.48. The van der Waals surface area contributed by atoms with Gasteiger partial charge in [-0.25, -0.2) is 14.3 Å². The molecule has 8 heteroatoms. The summed E-state index contributed by atoms with van der Waals surface area (Å²) in [4.78, 5) is 31.3. The van der Waals surface area contributed by atoms with E-state index < -0.39 is 5.97 Å². The van der Waals surface area contributed by atoms with Crippen molar-refractivity contribution in [1.82, 2.24) is 15.0 Å². The number of nitrogens with one attached hydrogen (secondary N) is 2. The third kappa shape index (κ3) is 2.21. The van der Waals surface area contributed by atoms with Crippen LogP contribution in [-0.4, -0.2) is 22.1 Å². The van der Waals surface area contributed by atoms with Crippen LogP contribution in [0.25, 0.3) is 16.4 Å². The van der Waals surface area contributed by atoms with Gasteiger partial charge in [0.15, 0.2) is 5.70 Å². The first-order chi connectivity index (χ1) is 11.2. The van der Waals surface area contributed by atoms with Gasteiger partial charge in [-0.2, -0.15) is 0 Å². The molecule has 1 aliphatic carbocycles. The van der Waals surface area contributed by atoms with E-state index in [9.17, 15) is 9.59 Å². The second kappa shape index (κ2) is 5.38. The van der Waals surface area contributed by atoms with Gasteiger partial charge in [-0.3, -0.25) is 15.6 Å². The number of ether oxygens (including phenoxy) is 1. The molecule has 0 bridgehead atoms. The summed E-state index contributed by atoms with van der Waals surface area (Å²) in [5, 5.41) is 0.691. The summed E-state index contributed by atoms with van der Waals surface area (Å²) in [6.45, 7) is 2.01. The van der Waals surface area contributed by atoms with E-state index in [1.165, 1.54) is 15.6 Å². The zero-order valence-electron chi connectivity index (χ0n) is 12.6. The molecular weight excluding hydrogens is 316 g/mol. The molecule has 120 valence electrons. The SMILES string of the molecule is CCOC(=O)C1=Cn2c(nc3sc4c(c3c2=O)CCCC4)NN1. The highest BCUT2D eigenvalue weighted by atomic mass is 32.1. The molecule has 2 aliphatic rings. The fourth-order valence-corrected chi connectivity index (χ4v) is 4.27. The predicted molar refractivity (Wildman–Crippen MR) is 88.2 cm³/mol. The summed E-state index contributed by atoms with van der Waals surface area (Å²) in [5.41, 5.74) is 6.72. The lowest BCUT2D eigenvalue weighted by atomic mass is 9.97. The lowest BCUT2D eigenvalue weighted by Gasteiger charge is -2.19. The van der Waals surface area contributed by atoms with Crippen LogP contribution in [-0.2, 0) is 22.4 Å². The van der Waals surface area contributed by atoms with Gasteiger partial charge in [-0.05, 0) is 38.2 Å². The fraction of sp³-hybridized carbons (Fsp3) is 0.400. The van der Waals surface area contributed by atoms with E-state index >= 15 is 0 Å². The van der Waals surface area contributed by atoms with E-state index in [4.69, 9.17) is 4.74 Å². The number of fused-ring (bicyclic) bond motifs is 4. The van der Waals surface area contributed by atoms with E-state index in [-0.39, 0.29) is 17.9 Å². The summed E-state index contributed by atoms with van der Waals surface area (Å²) in [6, 6.07) is 0. The minimum Gasteiger partial charge on any atom is -0.461 e. The van der Waals surface area contributed by atoms with Crippen molar-refractivity contribution < 1.29 is 9.53 Å². The maximum atomic E-state index is 12.9. The van der Waals surface area contributed by atoms with Gasteiger partial charge in [-0.15, -0.1) is 11.3 Å². The van der Waals surface area contributed by atoms with Gasteiger partial charge in [0.05, 0.1) is 12.0 Å². The first-order valence-electron chi connectivity index (χ1n) is 7.66. The van der Waals surface area contributed by atoms with Gasteiger partial charge in [0, 0.05) is 11.1 Å². The molecule has 0 saturated carbocycles. The van der Waals surface area contributed by atoms with Gasteiger partial charge in [0.2, 0.25) is 5.95 Å². The van der Waals surface area contributed by atoms with Gasteiger partial charge in [0.25, 0.3) is 5.56 Å². The van der Waals surface area contributed by atoms with Crippen LogP contribution in [0.4, 0.5) is 5.95 Å². The van der Waals surface area contributed by atoms with Crippen LogP contribution in [0.3, 0.4) is 0 Å². The molecule has 3 heterocycles. The second-order valence-corrected chi connectivity index (χ2v) is 6.60. The van der Waals surface area contributed by atoms with Crippen molar-refractivity contribution in [3.05, 3.63) is 26.5 Å². The number of carbonyl (C=O) groups excluding carboxylic acids is 1. The van der Waals surface area contributed by atoms with Crippen LogP contribution >= 0.6 is 11.3 Å². The van der Waals surface area contributed by atoms with Crippen LogP contribution in [0.15, 0.2) is 10.5 Å². The van der Waals surface area contributed by atoms with E-state index in [0.29, 0.717) is 11.3 Å². The molecule has 0 atom stereocenters. The van der Waals surface area contributed by atoms with Crippen molar-refractivity contribution in [3.63, 3.8) is 0 Å². The number of nitrogens with zero attached hydrogens (tertiary/aromatic N) is 2. The molecule has 0 spiro atoms. The normalized spacial score (nSPS) is 16.0. The van der Waals surface area contributed by atoms with Crippen LogP contribution in [0, 0.1) is 0 Å². The lowest BCUT2D eigenvalue weighted by molar-refractivity contribution is -0.138. The Morgan fingerprint density at radius 3 is 3.04 bits per heavy atom.